The van der Waals surface area contributed by atoms with Gasteiger partial charge < -0.3 is 4.74 Å². The predicted molar refractivity (Wildman–Crippen MR) is 172 cm³/mol. The van der Waals surface area contributed by atoms with Crippen molar-refractivity contribution in [3.63, 3.8) is 0 Å². The normalized spacial score (nSPS) is 13.6. The van der Waals surface area contributed by atoms with Crippen LogP contribution in [0.15, 0.2) is 91.1 Å². The van der Waals surface area contributed by atoms with E-state index in [4.69, 9.17) is 4.74 Å². The molecule has 8 rings (SSSR count). The first kappa shape index (κ1) is 25.0. The Morgan fingerprint density at radius 3 is 2.36 bits per heavy atom. The van der Waals surface area contributed by atoms with Crippen molar-refractivity contribution < 1.29 is 13.9 Å². The molecular formula is C39H34N2O+2. The molecule has 3 heteroatoms. The molecule has 2 aliphatic heterocycles. The van der Waals surface area contributed by atoms with Crippen LogP contribution in [0.4, 0.5) is 0 Å². The van der Waals surface area contributed by atoms with Crippen LogP contribution in [-0.2, 0) is 25.9 Å². The van der Waals surface area contributed by atoms with Gasteiger partial charge in [0, 0.05) is 37.1 Å². The summed E-state index contributed by atoms with van der Waals surface area (Å²) in [6, 6.07) is 30.8. The highest BCUT2D eigenvalue weighted by atomic mass is 16.5. The number of benzene rings is 4. The predicted octanol–water partition coefficient (Wildman–Crippen LogP) is 7.81. The zero-order valence-corrected chi connectivity index (χ0v) is 24.4. The summed E-state index contributed by atoms with van der Waals surface area (Å²) in [6.07, 6.45) is 8.93. The van der Waals surface area contributed by atoms with Gasteiger partial charge in [0.25, 0.3) is 0 Å². The van der Waals surface area contributed by atoms with E-state index in [1.54, 1.807) is 7.11 Å². The van der Waals surface area contributed by atoms with E-state index in [2.05, 4.69) is 120 Å². The van der Waals surface area contributed by atoms with Crippen LogP contribution in [0, 0.1) is 13.8 Å². The van der Waals surface area contributed by atoms with Gasteiger partial charge in [-0.25, -0.2) is 0 Å². The van der Waals surface area contributed by atoms with Gasteiger partial charge in [0.15, 0.2) is 19.3 Å². The molecule has 3 nitrogen and oxygen atoms in total. The summed E-state index contributed by atoms with van der Waals surface area (Å²) < 4.78 is 10.4. The molecule has 0 bridgehead atoms. The molecule has 0 N–H and O–H groups in total. The van der Waals surface area contributed by atoms with Crippen LogP contribution in [0.5, 0.6) is 5.75 Å². The number of aromatic nitrogens is 2. The fourth-order valence-electron chi connectivity index (χ4n) is 7.30. The third kappa shape index (κ3) is 3.80. The standard InChI is InChI=1S/C39H34N2O/c1-25-26(2)34-18-21-40-20-17-28-7-4-5-9-35(28)39(40)38(34)37-33(25)19-22-41-31(8-6-10-36(37)41)15-12-27-11-13-30-24-32(42-3)16-14-29(30)23-27/h4-17,20,23-24H,18-19,21-22H2,1-3H3/q+2. The molecule has 6 aromatic rings. The summed E-state index contributed by atoms with van der Waals surface area (Å²) in [5.74, 6) is 0.889. The highest BCUT2D eigenvalue weighted by molar-refractivity contribution is 5.99. The van der Waals surface area contributed by atoms with Crippen LogP contribution in [0.1, 0.15) is 33.5 Å². The van der Waals surface area contributed by atoms with Gasteiger partial charge in [0.05, 0.1) is 23.6 Å². The van der Waals surface area contributed by atoms with Crippen LogP contribution in [0.2, 0.25) is 0 Å². The van der Waals surface area contributed by atoms with E-state index in [-0.39, 0.29) is 0 Å². The highest BCUT2D eigenvalue weighted by Crippen LogP contribution is 2.44. The fraction of sp³-hybridized carbons (Fsp3) is 0.179. The van der Waals surface area contributed by atoms with E-state index in [1.165, 1.54) is 77.6 Å². The summed E-state index contributed by atoms with van der Waals surface area (Å²) in [5.41, 5.74) is 14.0. The Hall–Kier alpha value is -4.76. The van der Waals surface area contributed by atoms with Gasteiger partial charge in [-0.1, -0.05) is 36.4 Å². The van der Waals surface area contributed by atoms with Crippen LogP contribution in [0.25, 0.3) is 56.2 Å². The number of rotatable bonds is 3. The molecule has 0 atom stereocenters. The van der Waals surface area contributed by atoms with Gasteiger partial charge in [-0.15, -0.1) is 0 Å². The number of hydrogen-bond acceptors (Lipinski definition) is 1. The Balaban J connectivity index is 1.30. The molecule has 4 aromatic carbocycles. The van der Waals surface area contributed by atoms with Gasteiger partial charge in [-0.2, -0.15) is 9.13 Å². The second-order valence-electron chi connectivity index (χ2n) is 11.7. The second-order valence-corrected chi connectivity index (χ2v) is 11.7. The highest BCUT2D eigenvalue weighted by Gasteiger charge is 2.37. The summed E-state index contributed by atoms with van der Waals surface area (Å²) in [4.78, 5) is 0. The van der Waals surface area contributed by atoms with Crippen molar-refractivity contribution in [1.29, 1.82) is 0 Å². The number of ether oxygens (including phenoxy) is 1. The molecule has 4 heterocycles. The molecule has 0 amide bonds. The average molecular weight is 547 g/mol. The molecule has 0 spiro atoms. The third-order valence-corrected chi connectivity index (χ3v) is 9.58. The Morgan fingerprint density at radius 2 is 1.48 bits per heavy atom. The number of pyridine rings is 2. The zero-order valence-electron chi connectivity index (χ0n) is 24.4. The maximum absolute atomic E-state index is 5.41. The molecule has 2 aromatic heterocycles. The average Bonchev–Trinajstić information content (AvgIpc) is 3.04. The number of fused-ring (bicyclic) bond motifs is 10. The van der Waals surface area contributed by atoms with Crippen LogP contribution >= 0.6 is 0 Å². The summed E-state index contributed by atoms with van der Waals surface area (Å²) in [6.45, 7) is 6.69. The van der Waals surface area contributed by atoms with Crippen molar-refractivity contribution in [2.24, 2.45) is 0 Å². The zero-order chi connectivity index (χ0) is 28.4. The minimum atomic E-state index is 0.889. The van der Waals surface area contributed by atoms with Crippen molar-refractivity contribution in [2.75, 3.05) is 7.11 Å². The lowest BCUT2D eigenvalue weighted by Crippen LogP contribution is -2.45. The van der Waals surface area contributed by atoms with Crippen molar-refractivity contribution in [3.05, 3.63) is 125 Å². The van der Waals surface area contributed by atoms with Gasteiger partial charge in [0.2, 0.25) is 17.1 Å². The van der Waals surface area contributed by atoms with E-state index >= 15 is 0 Å². The first-order valence-electron chi connectivity index (χ1n) is 15.0. The van der Waals surface area contributed by atoms with Crippen LogP contribution in [-0.4, -0.2) is 7.11 Å². The topological polar surface area (TPSA) is 17.0 Å². The van der Waals surface area contributed by atoms with E-state index in [9.17, 15) is 0 Å². The minimum Gasteiger partial charge on any atom is -0.497 e. The van der Waals surface area contributed by atoms with Crippen LogP contribution in [0.3, 0.4) is 0 Å². The van der Waals surface area contributed by atoms with E-state index < -0.39 is 0 Å². The Morgan fingerprint density at radius 1 is 0.690 bits per heavy atom. The monoisotopic (exact) mass is 546 g/mol. The Bertz CT molecular complexity index is 2100. The summed E-state index contributed by atoms with van der Waals surface area (Å²) in [7, 11) is 1.72. The van der Waals surface area contributed by atoms with E-state index in [0.29, 0.717) is 0 Å². The minimum absolute atomic E-state index is 0.889. The van der Waals surface area contributed by atoms with E-state index in [0.717, 1.165) is 31.7 Å². The Labute approximate surface area is 247 Å². The molecule has 0 saturated carbocycles. The largest absolute Gasteiger partial charge is 0.497 e. The number of hydrogen-bond donors (Lipinski definition) is 0. The number of nitrogens with zero attached hydrogens (tertiary/aromatic N) is 2. The van der Waals surface area contributed by atoms with Crippen molar-refractivity contribution in [2.45, 2.75) is 39.8 Å². The molecule has 0 fully saturated rings. The van der Waals surface area contributed by atoms with Gasteiger partial charge in [-0.05, 0) is 94.2 Å². The van der Waals surface area contributed by atoms with Gasteiger partial charge >= 0.3 is 0 Å². The summed E-state index contributed by atoms with van der Waals surface area (Å²) in [5, 5.41) is 5.05. The second kappa shape index (κ2) is 9.66. The smallest absolute Gasteiger partial charge is 0.221 e. The quantitative estimate of drug-likeness (QED) is 0.207. The lowest BCUT2D eigenvalue weighted by atomic mass is 9.79. The molecule has 204 valence electrons. The van der Waals surface area contributed by atoms with Gasteiger partial charge in [-0.3, -0.25) is 0 Å². The lowest BCUT2D eigenvalue weighted by molar-refractivity contribution is -0.690. The Kier molecular flexibility index (Phi) is 5.75. The molecular weight excluding hydrogens is 512 g/mol. The first-order valence-corrected chi connectivity index (χ1v) is 15.0. The van der Waals surface area contributed by atoms with Crippen molar-refractivity contribution >= 4 is 33.7 Å². The number of aryl methyl sites for hydroxylation is 1. The maximum atomic E-state index is 5.41. The fourth-order valence-corrected chi connectivity index (χ4v) is 7.30. The summed E-state index contributed by atoms with van der Waals surface area (Å²) >= 11 is 0. The van der Waals surface area contributed by atoms with Crippen molar-refractivity contribution in [3.8, 4) is 28.3 Å². The van der Waals surface area contributed by atoms with Crippen LogP contribution < -0.4 is 13.9 Å². The van der Waals surface area contributed by atoms with E-state index in [1.807, 2.05) is 6.07 Å². The van der Waals surface area contributed by atoms with Gasteiger partial charge in [0.1, 0.15) is 5.75 Å². The number of methoxy groups -OCH3 is 1. The first-order chi connectivity index (χ1) is 20.6. The van der Waals surface area contributed by atoms with Crippen molar-refractivity contribution in [1.82, 2.24) is 0 Å². The molecule has 0 unspecified atom stereocenters. The molecule has 2 aliphatic rings. The molecule has 0 saturated heterocycles. The lowest BCUT2D eigenvalue weighted by Gasteiger charge is -2.27. The molecule has 42 heavy (non-hydrogen) atoms. The maximum Gasteiger partial charge on any atom is 0.221 e. The molecule has 0 radical (unpaired) electrons. The SMILES string of the molecule is COc1ccc2cc(C=Cc3cccc4[n+]3CCc3c(C)c(C)c5c(c3-4)-c3c4ccccc4cc[n+]3CC5)ccc2c1. The molecule has 0 aliphatic carbocycles. The third-order valence-electron chi connectivity index (χ3n) is 9.58.